The molecule has 1 fully saturated rings. The number of hydrogen-bond donors (Lipinski definition) is 0. The van der Waals surface area contributed by atoms with Gasteiger partial charge in [-0.1, -0.05) is 41.8 Å². The number of rotatable bonds is 4. The zero-order valence-electron chi connectivity index (χ0n) is 12.4. The van der Waals surface area contributed by atoms with E-state index in [4.69, 9.17) is 4.42 Å². The molecule has 1 aromatic heterocycles. The van der Waals surface area contributed by atoms with Gasteiger partial charge in [0, 0.05) is 12.0 Å². The smallest absolute Gasteiger partial charge is 0.277 e. The van der Waals surface area contributed by atoms with Gasteiger partial charge in [-0.2, -0.15) is 0 Å². The minimum absolute atomic E-state index is 0.0937. The van der Waals surface area contributed by atoms with Crippen molar-refractivity contribution in [2.45, 2.75) is 18.1 Å². The monoisotopic (exact) mass is 348 g/mol. The van der Waals surface area contributed by atoms with Crippen LogP contribution >= 0.6 is 11.8 Å². The Kier molecular flexibility index (Phi) is 5.03. The highest BCUT2D eigenvalue weighted by Gasteiger charge is 2.29. The summed E-state index contributed by atoms with van der Waals surface area (Å²) in [5.41, 5.74) is 0.974. The molecule has 0 radical (unpaired) electrons. The van der Waals surface area contributed by atoms with Crippen LogP contribution < -0.4 is 0 Å². The summed E-state index contributed by atoms with van der Waals surface area (Å²) in [6, 6.07) is 9.76. The van der Waals surface area contributed by atoms with Crippen LogP contribution in [0.5, 0.6) is 0 Å². The summed E-state index contributed by atoms with van der Waals surface area (Å²) in [5.74, 6) is 7.76. The van der Waals surface area contributed by atoms with Crippen molar-refractivity contribution in [3.63, 3.8) is 0 Å². The molecule has 1 saturated heterocycles. The third-order valence-corrected chi connectivity index (χ3v) is 6.05. The van der Waals surface area contributed by atoms with Gasteiger partial charge in [0.15, 0.2) is 9.84 Å². The van der Waals surface area contributed by atoms with E-state index in [2.05, 4.69) is 22.0 Å². The Bertz CT molecular complexity index is 820. The van der Waals surface area contributed by atoms with Crippen LogP contribution in [0.25, 0.3) is 0 Å². The van der Waals surface area contributed by atoms with Crippen molar-refractivity contribution in [2.24, 2.45) is 5.92 Å². The molecule has 1 aromatic carbocycles. The van der Waals surface area contributed by atoms with Gasteiger partial charge in [0.25, 0.3) is 5.22 Å². The van der Waals surface area contributed by atoms with Gasteiger partial charge in [-0.25, -0.2) is 8.42 Å². The van der Waals surface area contributed by atoms with Crippen LogP contribution in [0.4, 0.5) is 0 Å². The number of benzene rings is 1. The van der Waals surface area contributed by atoms with E-state index in [1.807, 2.05) is 30.3 Å². The van der Waals surface area contributed by atoms with E-state index in [1.54, 1.807) is 0 Å². The third-order valence-electron chi connectivity index (χ3n) is 3.51. The second kappa shape index (κ2) is 7.20. The summed E-state index contributed by atoms with van der Waals surface area (Å²) in [6.45, 7) is 0. The topological polar surface area (TPSA) is 73.1 Å². The predicted octanol–water partition coefficient (Wildman–Crippen LogP) is 2.19. The van der Waals surface area contributed by atoms with Crippen LogP contribution in [0.3, 0.4) is 0 Å². The lowest BCUT2D eigenvalue weighted by Gasteiger charge is -2.01. The molecule has 5 nitrogen and oxygen atoms in total. The van der Waals surface area contributed by atoms with Crippen molar-refractivity contribution in [3.05, 3.63) is 41.8 Å². The van der Waals surface area contributed by atoms with E-state index in [-0.39, 0.29) is 17.4 Å². The summed E-state index contributed by atoms with van der Waals surface area (Å²) in [4.78, 5) is 0. The Balaban J connectivity index is 1.49. The fraction of sp³-hybridized carbons (Fsp3) is 0.375. The Hall–Kier alpha value is -1.78. The number of sulfone groups is 1. The minimum atomic E-state index is -2.87. The first-order chi connectivity index (χ1) is 11.1. The molecule has 1 aliphatic heterocycles. The lowest BCUT2D eigenvalue weighted by molar-refractivity contribution is 0.389. The first kappa shape index (κ1) is 16.1. The van der Waals surface area contributed by atoms with Crippen LogP contribution in [0, 0.1) is 17.8 Å². The van der Waals surface area contributed by atoms with Crippen molar-refractivity contribution in [3.8, 4) is 11.8 Å². The van der Waals surface area contributed by atoms with Crippen molar-refractivity contribution in [1.82, 2.24) is 10.2 Å². The average Bonchev–Trinajstić information content (AvgIpc) is 3.11. The van der Waals surface area contributed by atoms with Gasteiger partial charge < -0.3 is 4.42 Å². The molecule has 0 saturated carbocycles. The maximum Gasteiger partial charge on any atom is 0.277 e. The molecule has 0 amide bonds. The van der Waals surface area contributed by atoms with Crippen LogP contribution in [-0.4, -0.2) is 35.9 Å². The SMILES string of the molecule is O=S1(=O)CC[C@@H](Cc2nnc(SCC#Cc3ccccc3)o2)C1. The molecular weight excluding hydrogens is 332 g/mol. The molecule has 0 unspecified atom stereocenters. The summed E-state index contributed by atoms with van der Waals surface area (Å²) < 4.78 is 28.4. The first-order valence-electron chi connectivity index (χ1n) is 7.30. The Morgan fingerprint density at radius 2 is 2.09 bits per heavy atom. The molecule has 1 aliphatic rings. The van der Waals surface area contributed by atoms with Gasteiger partial charge in [0.2, 0.25) is 5.89 Å². The highest BCUT2D eigenvalue weighted by atomic mass is 32.2. The van der Waals surface area contributed by atoms with Gasteiger partial charge >= 0.3 is 0 Å². The van der Waals surface area contributed by atoms with E-state index >= 15 is 0 Å². The largest absolute Gasteiger partial charge is 0.416 e. The van der Waals surface area contributed by atoms with Gasteiger partial charge in [-0.15, -0.1) is 10.2 Å². The van der Waals surface area contributed by atoms with E-state index in [0.29, 0.717) is 29.7 Å². The zero-order chi connectivity index (χ0) is 16.1. The highest BCUT2D eigenvalue weighted by molar-refractivity contribution is 7.99. The molecule has 2 heterocycles. The molecule has 1 atom stereocenters. The van der Waals surface area contributed by atoms with Crippen LogP contribution in [0.2, 0.25) is 0 Å². The molecule has 0 N–H and O–H groups in total. The lowest BCUT2D eigenvalue weighted by Crippen LogP contribution is -2.07. The summed E-state index contributed by atoms with van der Waals surface area (Å²) >= 11 is 1.39. The van der Waals surface area contributed by atoms with E-state index < -0.39 is 9.84 Å². The Morgan fingerprint density at radius 3 is 2.83 bits per heavy atom. The van der Waals surface area contributed by atoms with Crippen LogP contribution in [0.15, 0.2) is 40.0 Å². The van der Waals surface area contributed by atoms with Crippen LogP contribution in [0.1, 0.15) is 17.9 Å². The summed E-state index contributed by atoms with van der Waals surface area (Å²) in [6.07, 6.45) is 1.21. The lowest BCUT2D eigenvalue weighted by atomic mass is 10.1. The van der Waals surface area contributed by atoms with E-state index in [1.165, 1.54) is 11.8 Å². The van der Waals surface area contributed by atoms with Gasteiger partial charge in [0.1, 0.15) is 0 Å². The van der Waals surface area contributed by atoms with Crippen molar-refractivity contribution < 1.29 is 12.8 Å². The van der Waals surface area contributed by atoms with Gasteiger partial charge in [-0.05, 0) is 24.5 Å². The molecular formula is C16H16N2O3S2. The molecule has 120 valence electrons. The Morgan fingerprint density at radius 1 is 1.26 bits per heavy atom. The molecule has 7 heteroatoms. The first-order valence-corrected chi connectivity index (χ1v) is 10.1. The van der Waals surface area contributed by atoms with Crippen molar-refractivity contribution >= 4 is 21.6 Å². The van der Waals surface area contributed by atoms with Gasteiger partial charge in [-0.3, -0.25) is 0 Å². The average molecular weight is 348 g/mol. The summed E-state index contributed by atoms with van der Waals surface area (Å²) in [7, 11) is -2.87. The Labute approximate surface area is 139 Å². The molecule has 2 aromatic rings. The normalized spacial score (nSPS) is 19.2. The number of aromatic nitrogens is 2. The second-order valence-corrected chi connectivity index (χ2v) is 8.55. The number of thioether (sulfide) groups is 1. The predicted molar refractivity (Wildman–Crippen MR) is 88.8 cm³/mol. The number of nitrogens with zero attached hydrogens (tertiary/aromatic N) is 2. The van der Waals surface area contributed by atoms with E-state index in [0.717, 1.165) is 5.56 Å². The fourth-order valence-electron chi connectivity index (χ4n) is 2.42. The third kappa shape index (κ3) is 4.85. The maximum absolute atomic E-state index is 11.4. The minimum Gasteiger partial charge on any atom is -0.416 e. The fourth-order valence-corrected chi connectivity index (χ4v) is 4.80. The molecule has 23 heavy (non-hydrogen) atoms. The second-order valence-electron chi connectivity index (χ2n) is 5.39. The highest BCUT2D eigenvalue weighted by Crippen LogP contribution is 2.23. The molecule has 3 rings (SSSR count). The molecule has 0 spiro atoms. The van der Waals surface area contributed by atoms with E-state index in [9.17, 15) is 8.42 Å². The zero-order valence-corrected chi connectivity index (χ0v) is 14.1. The maximum atomic E-state index is 11.4. The van der Waals surface area contributed by atoms with Gasteiger partial charge in [0.05, 0.1) is 17.3 Å². The quantitative estimate of drug-likeness (QED) is 0.623. The van der Waals surface area contributed by atoms with Crippen molar-refractivity contribution in [2.75, 3.05) is 17.3 Å². The number of hydrogen-bond acceptors (Lipinski definition) is 6. The molecule has 0 aliphatic carbocycles. The van der Waals surface area contributed by atoms with Crippen molar-refractivity contribution in [1.29, 1.82) is 0 Å². The summed E-state index contributed by atoms with van der Waals surface area (Å²) in [5, 5.41) is 8.43. The van der Waals surface area contributed by atoms with Crippen LogP contribution in [-0.2, 0) is 16.3 Å². The molecule has 0 bridgehead atoms. The standard InChI is InChI=1S/C16H16N2O3S2/c19-23(20)10-8-14(12-23)11-15-17-18-16(21-15)22-9-4-7-13-5-2-1-3-6-13/h1-3,5-6,14H,8-12H2/t14-/m0/s1.